The lowest BCUT2D eigenvalue weighted by Crippen LogP contribution is -2.27. The molecule has 1 N–H and O–H groups in total. The van der Waals surface area contributed by atoms with Crippen molar-refractivity contribution in [1.82, 2.24) is 4.72 Å². The minimum Gasteiger partial charge on any atom is -0.212 e. The first-order valence-electron chi connectivity index (χ1n) is 5.94. The maximum absolute atomic E-state index is 12.7. The van der Waals surface area contributed by atoms with Crippen LogP contribution in [0.3, 0.4) is 0 Å². The smallest absolute Gasteiger partial charge is 0.212 e. The molecule has 0 aliphatic heterocycles. The Morgan fingerprint density at radius 1 is 1.25 bits per heavy atom. The molecule has 0 heterocycles. The van der Waals surface area contributed by atoms with Crippen LogP contribution in [0, 0.1) is 11.8 Å². The fourth-order valence-corrected chi connectivity index (χ4v) is 2.88. The van der Waals surface area contributed by atoms with Crippen molar-refractivity contribution in [3.05, 3.63) is 35.4 Å². The number of hydrogen-bond acceptors (Lipinski definition) is 2. The van der Waals surface area contributed by atoms with Gasteiger partial charge in [0.15, 0.2) is 0 Å². The monoisotopic (exact) mass is 303 g/mol. The van der Waals surface area contributed by atoms with Crippen molar-refractivity contribution in [2.24, 2.45) is 0 Å². The van der Waals surface area contributed by atoms with Gasteiger partial charge >= 0.3 is 6.18 Å². The van der Waals surface area contributed by atoms with Crippen LogP contribution >= 0.6 is 0 Å². The topological polar surface area (TPSA) is 46.2 Å². The summed E-state index contributed by atoms with van der Waals surface area (Å²) in [6.07, 6.45) is -3.22. The summed E-state index contributed by atoms with van der Waals surface area (Å²) in [7, 11) is -3.35. The van der Waals surface area contributed by atoms with E-state index in [1.807, 2.05) is 0 Å². The molecule has 3 nitrogen and oxygen atoms in total. The van der Waals surface area contributed by atoms with Gasteiger partial charge in [0.25, 0.3) is 0 Å². The minimum atomic E-state index is -4.47. The van der Waals surface area contributed by atoms with Crippen molar-refractivity contribution >= 4 is 10.0 Å². The van der Waals surface area contributed by atoms with Crippen LogP contribution < -0.4 is 4.72 Å². The number of hydrogen-bond donors (Lipinski definition) is 1. The molecule has 7 heteroatoms. The highest BCUT2D eigenvalue weighted by molar-refractivity contribution is 7.90. The van der Waals surface area contributed by atoms with Crippen LogP contribution in [-0.2, 0) is 16.2 Å². The molecule has 1 fully saturated rings. The Balaban J connectivity index is 2.06. The van der Waals surface area contributed by atoms with E-state index in [9.17, 15) is 21.6 Å². The summed E-state index contributed by atoms with van der Waals surface area (Å²) < 4.78 is 63.3. The van der Waals surface area contributed by atoms with Crippen LogP contribution in [-0.4, -0.2) is 20.2 Å². The summed E-state index contributed by atoms with van der Waals surface area (Å²) in [5, 5.41) is -0.369. The minimum absolute atomic E-state index is 0.161. The first-order chi connectivity index (χ1) is 9.31. The lowest BCUT2D eigenvalue weighted by Gasteiger charge is -2.08. The number of alkyl halides is 3. The molecule has 0 spiro atoms. The zero-order valence-electron chi connectivity index (χ0n) is 10.4. The molecule has 1 saturated carbocycles. The van der Waals surface area contributed by atoms with Crippen LogP contribution in [0.4, 0.5) is 13.2 Å². The van der Waals surface area contributed by atoms with Gasteiger partial charge in [-0.05, 0) is 25.0 Å². The van der Waals surface area contributed by atoms with Gasteiger partial charge < -0.3 is 0 Å². The van der Waals surface area contributed by atoms with Gasteiger partial charge in [-0.1, -0.05) is 24.0 Å². The summed E-state index contributed by atoms with van der Waals surface area (Å²) >= 11 is 0. The third kappa shape index (κ3) is 3.74. The van der Waals surface area contributed by atoms with Crippen molar-refractivity contribution in [3.8, 4) is 11.8 Å². The number of benzene rings is 1. The fourth-order valence-electron chi connectivity index (χ4n) is 1.61. The van der Waals surface area contributed by atoms with Gasteiger partial charge in [0.1, 0.15) is 0 Å². The van der Waals surface area contributed by atoms with Crippen molar-refractivity contribution in [2.75, 3.05) is 6.54 Å². The number of sulfonamides is 1. The Morgan fingerprint density at radius 3 is 2.50 bits per heavy atom. The SMILES string of the molecule is O=S(=O)(NCC#Cc1ccccc1C(F)(F)F)C1CC1. The molecule has 1 aromatic rings. The molecule has 108 valence electrons. The number of halogens is 3. The van der Waals surface area contributed by atoms with E-state index in [4.69, 9.17) is 0 Å². The summed E-state index contributed by atoms with van der Waals surface area (Å²) in [6.45, 7) is -0.189. The number of nitrogens with one attached hydrogen (secondary N) is 1. The molecular formula is C13H12F3NO2S. The van der Waals surface area contributed by atoms with Gasteiger partial charge in [0.05, 0.1) is 17.4 Å². The second kappa shape index (κ2) is 5.46. The van der Waals surface area contributed by atoms with E-state index in [1.165, 1.54) is 18.2 Å². The van der Waals surface area contributed by atoms with Gasteiger partial charge in [0.2, 0.25) is 10.0 Å². The van der Waals surface area contributed by atoms with Crippen LogP contribution in [0.15, 0.2) is 24.3 Å². The van der Waals surface area contributed by atoms with Gasteiger partial charge in [-0.3, -0.25) is 0 Å². The predicted molar refractivity (Wildman–Crippen MR) is 68.3 cm³/mol. The zero-order valence-corrected chi connectivity index (χ0v) is 11.2. The van der Waals surface area contributed by atoms with Crippen LogP contribution in [0.25, 0.3) is 0 Å². The first-order valence-corrected chi connectivity index (χ1v) is 7.49. The largest absolute Gasteiger partial charge is 0.417 e. The molecule has 20 heavy (non-hydrogen) atoms. The quantitative estimate of drug-likeness (QED) is 0.870. The van der Waals surface area contributed by atoms with E-state index in [0.29, 0.717) is 12.8 Å². The average molecular weight is 303 g/mol. The lowest BCUT2D eigenvalue weighted by molar-refractivity contribution is -0.137. The molecular weight excluding hydrogens is 291 g/mol. The van der Waals surface area contributed by atoms with Crippen LogP contribution in [0.5, 0.6) is 0 Å². The fraction of sp³-hybridized carbons (Fsp3) is 0.385. The molecule has 0 saturated heterocycles. The highest BCUT2D eigenvalue weighted by atomic mass is 32.2. The maximum atomic E-state index is 12.7. The standard InChI is InChI=1S/C13H12F3NO2S/c14-13(15,16)12-6-2-1-4-10(12)5-3-9-17-20(18,19)11-7-8-11/h1-2,4,6,11,17H,7-9H2. The maximum Gasteiger partial charge on any atom is 0.417 e. The Labute approximate surface area is 115 Å². The highest BCUT2D eigenvalue weighted by Crippen LogP contribution is 2.31. The third-order valence-corrected chi connectivity index (χ3v) is 4.68. The molecule has 0 aromatic heterocycles. The van der Waals surface area contributed by atoms with Gasteiger partial charge in [-0.2, -0.15) is 13.2 Å². The Kier molecular flexibility index (Phi) is 4.06. The molecule has 1 aromatic carbocycles. The Morgan fingerprint density at radius 2 is 1.90 bits per heavy atom. The molecule has 0 bridgehead atoms. The van der Waals surface area contributed by atoms with E-state index < -0.39 is 21.8 Å². The predicted octanol–water partition coefficient (Wildman–Crippen LogP) is 2.14. The first kappa shape index (κ1) is 14.9. The van der Waals surface area contributed by atoms with E-state index >= 15 is 0 Å². The second-order valence-corrected chi connectivity index (χ2v) is 6.46. The van der Waals surface area contributed by atoms with Crippen molar-refractivity contribution in [2.45, 2.75) is 24.3 Å². The van der Waals surface area contributed by atoms with E-state index in [1.54, 1.807) is 0 Å². The zero-order chi connectivity index (χ0) is 14.8. The Bertz CT molecular complexity index is 652. The molecule has 0 amide bonds. The summed E-state index contributed by atoms with van der Waals surface area (Å²) in [5.41, 5.74) is -0.983. The highest BCUT2D eigenvalue weighted by Gasteiger charge is 2.35. The molecule has 0 unspecified atom stereocenters. The van der Waals surface area contributed by atoms with Crippen molar-refractivity contribution in [3.63, 3.8) is 0 Å². The average Bonchev–Trinajstić information content (AvgIpc) is 3.18. The second-order valence-electron chi connectivity index (χ2n) is 4.41. The molecule has 0 radical (unpaired) electrons. The molecule has 2 rings (SSSR count). The normalized spacial score (nSPS) is 15.6. The molecule has 1 aliphatic carbocycles. The summed E-state index contributed by atoms with van der Waals surface area (Å²) in [4.78, 5) is 0. The van der Waals surface area contributed by atoms with E-state index in [0.717, 1.165) is 6.07 Å². The van der Waals surface area contributed by atoms with Crippen molar-refractivity contribution < 1.29 is 21.6 Å². The van der Waals surface area contributed by atoms with Crippen LogP contribution in [0.2, 0.25) is 0 Å². The third-order valence-electron chi connectivity index (χ3n) is 2.78. The van der Waals surface area contributed by atoms with Gasteiger partial charge in [-0.15, -0.1) is 0 Å². The number of rotatable bonds is 3. The van der Waals surface area contributed by atoms with Gasteiger partial charge in [0, 0.05) is 5.56 Å². The molecule has 1 aliphatic rings. The van der Waals surface area contributed by atoms with Gasteiger partial charge in [-0.25, -0.2) is 13.1 Å². The van der Waals surface area contributed by atoms with Crippen LogP contribution in [0.1, 0.15) is 24.0 Å². The summed E-state index contributed by atoms with van der Waals surface area (Å²) in [6, 6.07) is 4.93. The van der Waals surface area contributed by atoms with E-state index in [-0.39, 0.29) is 17.4 Å². The molecule has 0 atom stereocenters. The van der Waals surface area contributed by atoms with E-state index in [2.05, 4.69) is 16.6 Å². The Hall–Kier alpha value is -1.52. The lowest BCUT2D eigenvalue weighted by atomic mass is 10.1. The van der Waals surface area contributed by atoms with Crippen molar-refractivity contribution in [1.29, 1.82) is 0 Å². The summed E-state index contributed by atoms with van der Waals surface area (Å²) in [5.74, 6) is 4.77.